The molecule has 0 amide bonds. The molecule has 1 aromatic heterocycles. The van der Waals surface area contributed by atoms with Gasteiger partial charge in [0.1, 0.15) is 5.75 Å². The standard InChI is InChI=1S/C11H8BrIN2O/c12-7-5-10(14)11(15-6-7)16-9-3-1-8(13)2-4-9/h1-6H,14H2. The molecule has 0 unspecified atom stereocenters. The van der Waals surface area contributed by atoms with Gasteiger partial charge in [0.15, 0.2) is 0 Å². The summed E-state index contributed by atoms with van der Waals surface area (Å²) in [4.78, 5) is 4.10. The molecular formula is C11H8BrIN2O. The second-order valence-electron chi connectivity index (χ2n) is 3.10. The first kappa shape index (κ1) is 11.7. The van der Waals surface area contributed by atoms with Crippen molar-refractivity contribution >= 4 is 44.2 Å². The van der Waals surface area contributed by atoms with Crippen molar-refractivity contribution in [1.82, 2.24) is 4.98 Å². The molecule has 0 saturated carbocycles. The first-order chi connectivity index (χ1) is 7.65. The largest absolute Gasteiger partial charge is 0.437 e. The van der Waals surface area contributed by atoms with Crippen molar-refractivity contribution in [3.8, 4) is 11.6 Å². The van der Waals surface area contributed by atoms with Crippen molar-refractivity contribution < 1.29 is 4.74 Å². The minimum atomic E-state index is 0.421. The van der Waals surface area contributed by atoms with Crippen LogP contribution in [-0.2, 0) is 0 Å². The Labute approximate surface area is 115 Å². The molecule has 1 heterocycles. The maximum absolute atomic E-state index is 5.78. The van der Waals surface area contributed by atoms with Crippen molar-refractivity contribution in [2.45, 2.75) is 0 Å². The van der Waals surface area contributed by atoms with Crippen LogP contribution >= 0.6 is 38.5 Å². The van der Waals surface area contributed by atoms with E-state index in [1.165, 1.54) is 0 Å². The molecule has 1 aromatic carbocycles. The first-order valence-corrected chi connectivity index (χ1v) is 6.37. The highest BCUT2D eigenvalue weighted by atomic mass is 127. The number of nitrogens with zero attached hydrogens (tertiary/aromatic N) is 1. The van der Waals surface area contributed by atoms with Crippen LogP contribution < -0.4 is 10.5 Å². The fourth-order valence-electron chi connectivity index (χ4n) is 1.14. The molecule has 0 radical (unpaired) electrons. The van der Waals surface area contributed by atoms with Crippen LogP contribution in [0.4, 0.5) is 5.69 Å². The Bertz CT molecular complexity index is 502. The number of rotatable bonds is 2. The lowest BCUT2D eigenvalue weighted by molar-refractivity contribution is 0.465. The number of anilines is 1. The van der Waals surface area contributed by atoms with Gasteiger partial charge in [0, 0.05) is 14.2 Å². The molecule has 0 bridgehead atoms. The molecule has 16 heavy (non-hydrogen) atoms. The van der Waals surface area contributed by atoms with E-state index in [9.17, 15) is 0 Å². The smallest absolute Gasteiger partial charge is 0.242 e. The minimum Gasteiger partial charge on any atom is -0.437 e. The molecule has 0 atom stereocenters. The van der Waals surface area contributed by atoms with Crippen molar-refractivity contribution in [1.29, 1.82) is 0 Å². The van der Waals surface area contributed by atoms with Gasteiger partial charge in [0.25, 0.3) is 0 Å². The summed E-state index contributed by atoms with van der Waals surface area (Å²) in [5.74, 6) is 1.14. The van der Waals surface area contributed by atoms with Gasteiger partial charge >= 0.3 is 0 Å². The van der Waals surface area contributed by atoms with Gasteiger partial charge in [-0.2, -0.15) is 0 Å². The number of hydrogen-bond acceptors (Lipinski definition) is 3. The average molecular weight is 391 g/mol. The second-order valence-corrected chi connectivity index (χ2v) is 5.27. The third kappa shape index (κ3) is 2.85. The van der Waals surface area contributed by atoms with Crippen LogP contribution in [0.2, 0.25) is 0 Å². The number of pyridine rings is 1. The van der Waals surface area contributed by atoms with Crippen molar-refractivity contribution in [2.75, 3.05) is 5.73 Å². The number of aromatic nitrogens is 1. The van der Waals surface area contributed by atoms with Gasteiger partial charge in [0.2, 0.25) is 5.88 Å². The third-order valence-electron chi connectivity index (χ3n) is 1.87. The van der Waals surface area contributed by atoms with Crippen LogP contribution in [0.15, 0.2) is 41.0 Å². The molecule has 0 aliphatic rings. The van der Waals surface area contributed by atoms with E-state index in [4.69, 9.17) is 10.5 Å². The molecule has 82 valence electrons. The summed E-state index contributed by atoms with van der Waals surface area (Å²) in [7, 11) is 0. The van der Waals surface area contributed by atoms with E-state index in [-0.39, 0.29) is 0 Å². The number of nitrogen functional groups attached to an aromatic ring is 1. The molecule has 0 aliphatic heterocycles. The Morgan fingerprint density at radius 1 is 1.25 bits per heavy atom. The molecule has 0 fully saturated rings. The predicted molar refractivity (Wildman–Crippen MR) is 75.6 cm³/mol. The maximum atomic E-state index is 5.78. The van der Waals surface area contributed by atoms with Crippen LogP contribution in [-0.4, -0.2) is 4.98 Å². The summed E-state index contributed by atoms with van der Waals surface area (Å²) in [5, 5.41) is 0. The molecule has 0 spiro atoms. The van der Waals surface area contributed by atoms with Crippen molar-refractivity contribution in [3.05, 3.63) is 44.6 Å². The summed E-state index contributed by atoms with van der Waals surface area (Å²) in [6.07, 6.45) is 1.65. The third-order valence-corrected chi connectivity index (χ3v) is 3.03. The molecule has 0 saturated heterocycles. The Morgan fingerprint density at radius 2 is 1.94 bits per heavy atom. The average Bonchev–Trinajstić information content (AvgIpc) is 2.25. The summed E-state index contributed by atoms with van der Waals surface area (Å²) in [6, 6.07) is 9.45. The lowest BCUT2D eigenvalue weighted by atomic mass is 10.3. The van der Waals surface area contributed by atoms with Crippen molar-refractivity contribution in [2.24, 2.45) is 0 Å². The van der Waals surface area contributed by atoms with Crippen molar-refractivity contribution in [3.63, 3.8) is 0 Å². The van der Waals surface area contributed by atoms with E-state index in [0.29, 0.717) is 11.6 Å². The molecule has 5 heteroatoms. The second kappa shape index (κ2) is 5.01. The Hall–Kier alpha value is -0.820. The molecule has 0 aliphatic carbocycles. The number of hydrogen-bond donors (Lipinski definition) is 1. The van der Waals surface area contributed by atoms with Gasteiger partial charge in [-0.15, -0.1) is 0 Å². The summed E-state index contributed by atoms with van der Waals surface area (Å²) < 4.78 is 7.55. The van der Waals surface area contributed by atoms with Gasteiger partial charge < -0.3 is 10.5 Å². The fourth-order valence-corrected chi connectivity index (χ4v) is 1.85. The predicted octanol–water partition coefficient (Wildman–Crippen LogP) is 3.82. The summed E-state index contributed by atoms with van der Waals surface area (Å²) in [5.41, 5.74) is 6.29. The van der Waals surface area contributed by atoms with Crippen LogP contribution in [0.3, 0.4) is 0 Å². The monoisotopic (exact) mass is 390 g/mol. The highest BCUT2D eigenvalue weighted by Crippen LogP contribution is 2.27. The van der Waals surface area contributed by atoms with E-state index in [2.05, 4.69) is 43.5 Å². The van der Waals surface area contributed by atoms with Gasteiger partial charge in [-0.1, -0.05) is 0 Å². The molecule has 2 aromatic rings. The highest BCUT2D eigenvalue weighted by Gasteiger charge is 2.04. The zero-order chi connectivity index (χ0) is 11.5. The van der Waals surface area contributed by atoms with E-state index in [0.717, 1.165) is 13.8 Å². The van der Waals surface area contributed by atoms with Gasteiger partial charge in [-0.25, -0.2) is 4.98 Å². The molecular weight excluding hydrogens is 383 g/mol. The van der Waals surface area contributed by atoms with E-state index in [1.807, 2.05) is 24.3 Å². The van der Waals surface area contributed by atoms with E-state index in [1.54, 1.807) is 12.3 Å². The Morgan fingerprint density at radius 3 is 2.56 bits per heavy atom. The lowest BCUT2D eigenvalue weighted by Gasteiger charge is -2.07. The van der Waals surface area contributed by atoms with Crippen LogP contribution in [0.1, 0.15) is 0 Å². The van der Waals surface area contributed by atoms with Crippen LogP contribution in [0.25, 0.3) is 0 Å². The van der Waals surface area contributed by atoms with Crippen LogP contribution in [0.5, 0.6) is 11.6 Å². The van der Waals surface area contributed by atoms with Gasteiger partial charge in [-0.05, 0) is 68.9 Å². The highest BCUT2D eigenvalue weighted by molar-refractivity contribution is 14.1. The SMILES string of the molecule is Nc1cc(Br)cnc1Oc1ccc(I)cc1. The number of ether oxygens (including phenoxy) is 1. The topological polar surface area (TPSA) is 48.1 Å². The van der Waals surface area contributed by atoms with Gasteiger partial charge in [-0.3, -0.25) is 0 Å². The zero-order valence-electron chi connectivity index (χ0n) is 8.15. The molecule has 2 rings (SSSR count). The summed E-state index contributed by atoms with van der Waals surface area (Å²) in [6.45, 7) is 0. The Kier molecular flexibility index (Phi) is 3.65. The molecule has 3 nitrogen and oxygen atoms in total. The quantitative estimate of drug-likeness (QED) is 0.793. The fraction of sp³-hybridized carbons (Fsp3) is 0. The lowest BCUT2D eigenvalue weighted by Crippen LogP contribution is -1.94. The summed E-state index contributed by atoms with van der Waals surface area (Å²) >= 11 is 5.53. The molecule has 2 N–H and O–H groups in total. The normalized spacial score (nSPS) is 10.1. The van der Waals surface area contributed by atoms with Crippen LogP contribution in [0, 0.1) is 3.57 Å². The first-order valence-electron chi connectivity index (χ1n) is 4.49. The zero-order valence-corrected chi connectivity index (χ0v) is 11.9. The van der Waals surface area contributed by atoms with E-state index < -0.39 is 0 Å². The number of nitrogens with two attached hydrogens (primary N) is 1. The van der Waals surface area contributed by atoms with E-state index >= 15 is 0 Å². The van der Waals surface area contributed by atoms with Gasteiger partial charge in [0.05, 0.1) is 5.69 Å². The number of benzene rings is 1. The Balaban J connectivity index is 2.23. The maximum Gasteiger partial charge on any atom is 0.242 e. The minimum absolute atomic E-state index is 0.421. The number of halogens is 2.